The van der Waals surface area contributed by atoms with Crippen molar-refractivity contribution in [1.82, 2.24) is 14.1 Å². The maximum absolute atomic E-state index is 13.2. The molecule has 27 heavy (non-hydrogen) atoms. The van der Waals surface area contributed by atoms with E-state index in [0.29, 0.717) is 15.7 Å². The maximum Gasteiger partial charge on any atom is 0.424 e. The Morgan fingerprint density at radius 3 is 2.81 bits per heavy atom. The van der Waals surface area contributed by atoms with Crippen LogP contribution < -0.4 is 11.0 Å². The van der Waals surface area contributed by atoms with Crippen molar-refractivity contribution in [2.75, 3.05) is 11.9 Å². The number of carbonyl (C=O) groups excluding carboxylic acids is 1. The number of fused-ring (bicyclic) bond motifs is 2. The average Bonchev–Trinajstić information content (AvgIpc) is 3.13. The van der Waals surface area contributed by atoms with Gasteiger partial charge in [0.05, 0.1) is 11.2 Å². The molecule has 140 valence electrons. The first-order valence-corrected chi connectivity index (χ1v) is 9.43. The van der Waals surface area contributed by atoms with Crippen LogP contribution in [-0.2, 0) is 11.2 Å². The molecule has 0 saturated carbocycles. The summed E-state index contributed by atoms with van der Waals surface area (Å²) >= 11 is 3.40. The number of anilines is 1. The fourth-order valence-corrected chi connectivity index (χ4v) is 3.52. The molecule has 0 bridgehead atoms. The van der Waals surface area contributed by atoms with E-state index in [9.17, 15) is 9.59 Å². The smallest absolute Gasteiger partial charge is 0.424 e. The van der Waals surface area contributed by atoms with E-state index in [1.807, 2.05) is 18.2 Å². The molecule has 3 heterocycles. The molecule has 8 heteroatoms. The van der Waals surface area contributed by atoms with Gasteiger partial charge < -0.3 is 10.1 Å². The summed E-state index contributed by atoms with van der Waals surface area (Å²) in [5.41, 5.74) is 2.47. The van der Waals surface area contributed by atoms with Gasteiger partial charge in [0.25, 0.3) is 0 Å². The number of rotatable bonds is 1. The van der Waals surface area contributed by atoms with Crippen LogP contribution in [0.4, 0.5) is 10.5 Å². The number of imidazole rings is 1. The van der Waals surface area contributed by atoms with Crippen molar-refractivity contribution in [1.29, 1.82) is 0 Å². The number of pyridine rings is 1. The highest BCUT2D eigenvalue weighted by molar-refractivity contribution is 9.10. The number of benzene rings is 1. The summed E-state index contributed by atoms with van der Waals surface area (Å²) in [6, 6.07) is 7.55. The van der Waals surface area contributed by atoms with Crippen LogP contribution in [-0.4, -0.2) is 32.4 Å². The SMILES string of the molecule is CC(C)(C)OC(=O)n1c(=O)n(-c2ccc3c(c2)CCN3)c2cc(Br)cnc21. The fourth-order valence-electron chi connectivity index (χ4n) is 3.20. The monoisotopic (exact) mass is 430 g/mol. The number of aromatic nitrogens is 3. The summed E-state index contributed by atoms with van der Waals surface area (Å²) in [7, 11) is 0. The van der Waals surface area contributed by atoms with Crippen LogP contribution >= 0.6 is 15.9 Å². The summed E-state index contributed by atoms with van der Waals surface area (Å²) in [6.45, 7) is 6.15. The summed E-state index contributed by atoms with van der Waals surface area (Å²) in [4.78, 5) is 30.2. The molecule has 0 spiro atoms. The molecule has 3 aromatic rings. The summed E-state index contributed by atoms with van der Waals surface area (Å²) < 4.78 is 8.61. The van der Waals surface area contributed by atoms with Crippen LogP contribution in [0, 0.1) is 0 Å². The van der Waals surface area contributed by atoms with Gasteiger partial charge in [-0.1, -0.05) is 0 Å². The molecule has 0 radical (unpaired) electrons. The number of hydrogen-bond donors (Lipinski definition) is 1. The van der Waals surface area contributed by atoms with Gasteiger partial charge in [0.1, 0.15) is 5.60 Å². The molecule has 0 unspecified atom stereocenters. The van der Waals surface area contributed by atoms with E-state index in [0.717, 1.165) is 28.8 Å². The van der Waals surface area contributed by atoms with Crippen LogP contribution in [0.1, 0.15) is 26.3 Å². The van der Waals surface area contributed by atoms with Gasteiger partial charge in [-0.15, -0.1) is 0 Å². The van der Waals surface area contributed by atoms with Crippen LogP contribution in [0.2, 0.25) is 0 Å². The van der Waals surface area contributed by atoms with Gasteiger partial charge in [-0.05, 0) is 73.0 Å². The van der Waals surface area contributed by atoms with Crippen molar-refractivity contribution >= 4 is 38.9 Å². The Bertz CT molecular complexity index is 1120. The van der Waals surface area contributed by atoms with Crippen LogP contribution in [0.25, 0.3) is 16.9 Å². The van der Waals surface area contributed by atoms with Gasteiger partial charge in [0.2, 0.25) is 0 Å². The highest BCUT2D eigenvalue weighted by atomic mass is 79.9. The number of hydrogen-bond acceptors (Lipinski definition) is 5. The Morgan fingerprint density at radius 1 is 1.30 bits per heavy atom. The van der Waals surface area contributed by atoms with Crippen molar-refractivity contribution < 1.29 is 9.53 Å². The van der Waals surface area contributed by atoms with Crippen LogP contribution in [0.3, 0.4) is 0 Å². The molecular formula is C19H19BrN4O3. The molecule has 1 aromatic carbocycles. The second-order valence-corrected chi connectivity index (χ2v) is 8.36. The molecular weight excluding hydrogens is 412 g/mol. The lowest BCUT2D eigenvalue weighted by Gasteiger charge is -2.19. The third kappa shape index (κ3) is 3.14. The second-order valence-electron chi connectivity index (χ2n) is 7.45. The van der Waals surface area contributed by atoms with E-state index in [-0.39, 0.29) is 5.65 Å². The fraction of sp³-hybridized carbons (Fsp3) is 0.316. The summed E-state index contributed by atoms with van der Waals surface area (Å²) in [6.07, 6.45) is 1.71. The van der Waals surface area contributed by atoms with Gasteiger partial charge in [0, 0.05) is 22.9 Å². The minimum atomic E-state index is -0.742. The Hall–Kier alpha value is -2.61. The van der Waals surface area contributed by atoms with Crippen LogP contribution in [0.5, 0.6) is 0 Å². The Labute approximate surface area is 164 Å². The molecule has 1 aliphatic rings. The Morgan fingerprint density at radius 2 is 2.07 bits per heavy atom. The van der Waals surface area contributed by atoms with Crippen molar-refractivity contribution in [2.45, 2.75) is 32.8 Å². The van der Waals surface area contributed by atoms with E-state index in [4.69, 9.17) is 4.74 Å². The summed E-state index contributed by atoms with van der Waals surface area (Å²) in [5.74, 6) is 0. The molecule has 0 atom stereocenters. The minimum Gasteiger partial charge on any atom is -0.443 e. The largest absolute Gasteiger partial charge is 0.443 e. The zero-order valence-corrected chi connectivity index (χ0v) is 16.8. The van der Waals surface area contributed by atoms with Gasteiger partial charge in [-0.25, -0.2) is 14.6 Å². The molecule has 1 N–H and O–H groups in total. The van der Waals surface area contributed by atoms with E-state index in [2.05, 4.69) is 26.2 Å². The molecule has 4 rings (SSSR count). The van der Waals surface area contributed by atoms with E-state index in [1.54, 1.807) is 33.0 Å². The molecule has 0 fully saturated rings. The molecule has 0 saturated heterocycles. The highest BCUT2D eigenvalue weighted by Crippen LogP contribution is 2.27. The van der Waals surface area contributed by atoms with Gasteiger partial charge in [0.15, 0.2) is 5.65 Å². The first-order valence-electron chi connectivity index (χ1n) is 8.64. The Kier molecular flexibility index (Phi) is 4.10. The van der Waals surface area contributed by atoms with Gasteiger partial charge in [-0.3, -0.25) is 4.57 Å². The molecule has 1 aliphatic heterocycles. The lowest BCUT2D eigenvalue weighted by molar-refractivity contribution is 0.0537. The lowest BCUT2D eigenvalue weighted by atomic mass is 10.1. The first-order chi connectivity index (χ1) is 12.7. The van der Waals surface area contributed by atoms with E-state index < -0.39 is 17.4 Å². The first kappa shape index (κ1) is 17.8. The predicted octanol–water partition coefficient (Wildman–Crippen LogP) is 3.70. The van der Waals surface area contributed by atoms with Gasteiger partial charge in [-0.2, -0.15) is 4.57 Å². The highest BCUT2D eigenvalue weighted by Gasteiger charge is 2.26. The topological polar surface area (TPSA) is 78.1 Å². The third-order valence-corrected chi connectivity index (χ3v) is 4.72. The van der Waals surface area contributed by atoms with Crippen LogP contribution in [0.15, 0.2) is 39.7 Å². The van der Waals surface area contributed by atoms with E-state index in [1.165, 1.54) is 4.57 Å². The molecule has 2 aromatic heterocycles. The number of nitrogens with zero attached hydrogens (tertiary/aromatic N) is 3. The second kappa shape index (κ2) is 6.23. The van der Waals surface area contributed by atoms with Crippen molar-refractivity contribution in [3.05, 3.63) is 51.0 Å². The average molecular weight is 431 g/mol. The predicted molar refractivity (Wildman–Crippen MR) is 107 cm³/mol. The van der Waals surface area contributed by atoms with Crippen molar-refractivity contribution in [3.63, 3.8) is 0 Å². The quantitative estimate of drug-likeness (QED) is 0.636. The molecule has 0 amide bonds. The normalized spacial score (nSPS) is 13.5. The lowest BCUT2D eigenvalue weighted by Crippen LogP contribution is -2.34. The summed E-state index contributed by atoms with van der Waals surface area (Å²) in [5, 5.41) is 3.30. The maximum atomic E-state index is 13.2. The third-order valence-electron chi connectivity index (χ3n) is 4.28. The number of ether oxygens (including phenoxy) is 1. The number of nitrogens with one attached hydrogen (secondary N) is 1. The van der Waals surface area contributed by atoms with Crippen molar-refractivity contribution in [2.24, 2.45) is 0 Å². The standard InChI is InChI=1S/C19H19BrN4O3/c1-19(2,3)27-18(26)24-16-15(9-12(20)10-22-16)23(17(24)25)13-4-5-14-11(8-13)6-7-21-14/h4-5,8-10,21H,6-7H2,1-3H3. The minimum absolute atomic E-state index is 0.260. The number of halogens is 1. The van der Waals surface area contributed by atoms with E-state index >= 15 is 0 Å². The van der Waals surface area contributed by atoms with Gasteiger partial charge >= 0.3 is 11.8 Å². The Balaban J connectivity index is 1.96. The zero-order chi connectivity index (χ0) is 19.3. The number of carbonyl (C=O) groups is 1. The molecule has 0 aliphatic carbocycles. The van der Waals surface area contributed by atoms with Crippen molar-refractivity contribution in [3.8, 4) is 5.69 Å². The zero-order valence-electron chi connectivity index (χ0n) is 15.2. The molecule has 7 nitrogen and oxygen atoms in total.